The topological polar surface area (TPSA) is 61.9 Å². The molecule has 0 aromatic heterocycles. The second-order valence-corrected chi connectivity index (χ2v) is 7.64. The fourth-order valence-corrected chi connectivity index (χ4v) is 4.32. The van der Waals surface area contributed by atoms with E-state index in [-0.39, 0.29) is 17.9 Å². The SMILES string of the molecule is CC(=O)N[C@@H]1CN(C(=O)c2ccccc2N2CCOCC2)C[C@H]1C1CC1. The average Bonchev–Trinajstić information content (AvgIpc) is 3.42. The first-order valence-electron chi connectivity index (χ1n) is 9.61. The van der Waals surface area contributed by atoms with Gasteiger partial charge in [0.2, 0.25) is 5.91 Å². The maximum atomic E-state index is 13.3. The number of amides is 2. The molecule has 0 bridgehead atoms. The van der Waals surface area contributed by atoms with Crippen molar-refractivity contribution in [1.29, 1.82) is 0 Å². The highest BCUT2D eigenvalue weighted by molar-refractivity contribution is 6.00. The van der Waals surface area contributed by atoms with Crippen LogP contribution in [0.4, 0.5) is 5.69 Å². The summed E-state index contributed by atoms with van der Waals surface area (Å²) in [6.07, 6.45) is 2.43. The first-order chi connectivity index (χ1) is 12.6. The van der Waals surface area contributed by atoms with E-state index in [1.54, 1.807) is 6.92 Å². The minimum atomic E-state index is -0.0105. The molecular weight excluding hydrogens is 330 g/mol. The van der Waals surface area contributed by atoms with Crippen molar-refractivity contribution in [2.75, 3.05) is 44.3 Å². The van der Waals surface area contributed by atoms with Gasteiger partial charge in [-0.25, -0.2) is 0 Å². The molecule has 3 aliphatic rings. The summed E-state index contributed by atoms with van der Waals surface area (Å²) < 4.78 is 5.44. The number of likely N-dealkylation sites (tertiary alicyclic amines) is 1. The Morgan fingerprint density at radius 2 is 1.85 bits per heavy atom. The number of carbonyl (C=O) groups excluding carboxylic acids is 2. The molecule has 1 aromatic carbocycles. The number of benzene rings is 1. The summed E-state index contributed by atoms with van der Waals surface area (Å²) in [4.78, 5) is 29.0. The van der Waals surface area contributed by atoms with E-state index in [1.807, 2.05) is 29.2 Å². The molecule has 2 saturated heterocycles. The molecule has 2 amide bonds. The molecule has 4 rings (SSSR count). The van der Waals surface area contributed by atoms with Gasteiger partial charge in [-0.15, -0.1) is 0 Å². The summed E-state index contributed by atoms with van der Waals surface area (Å²) in [7, 11) is 0. The minimum absolute atomic E-state index is 0.0105. The van der Waals surface area contributed by atoms with E-state index < -0.39 is 0 Å². The Balaban J connectivity index is 1.53. The Hall–Kier alpha value is -2.08. The van der Waals surface area contributed by atoms with E-state index in [4.69, 9.17) is 4.74 Å². The Labute approximate surface area is 154 Å². The van der Waals surface area contributed by atoms with Crippen LogP contribution in [-0.2, 0) is 9.53 Å². The molecule has 2 aliphatic heterocycles. The highest BCUT2D eigenvalue weighted by Crippen LogP contribution is 2.42. The second-order valence-electron chi connectivity index (χ2n) is 7.64. The highest BCUT2D eigenvalue weighted by Gasteiger charge is 2.44. The van der Waals surface area contributed by atoms with Gasteiger partial charge in [0.05, 0.1) is 24.8 Å². The lowest BCUT2D eigenvalue weighted by Crippen LogP contribution is -2.41. The van der Waals surface area contributed by atoms with Crippen molar-refractivity contribution in [3.63, 3.8) is 0 Å². The molecule has 3 fully saturated rings. The van der Waals surface area contributed by atoms with Gasteiger partial charge in [0, 0.05) is 44.7 Å². The lowest BCUT2D eigenvalue weighted by Gasteiger charge is -2.31. The first-order valence-corrected chi connectivity index (χ1v) is 9.61. The summed E-state index contributed by atoms with van der Waals surface area (Å²) in [6.45, 7) is 5.92. The fourth-order valence-electron chi connectivity index (χ4n) is 4.32. The van der Waals surface area contributed by atoms with Gasteiger partial charge in [-0.2, -0.15) is 0 Å². The number of hydrogen-bond donors (Lipinski definition) is 1. The predicted molar refractivity (Wildman–Crippen MR) is 99.2 cm³/mol. The first kappa shape index (κ1) is 17.3. The van der Waals surface area contributed by atoms with Crippen LogP contribution in [0, 0.1) is 11.8 Å². The zero-order chi connectivity index (χ0) is 18.1. The number of nitrogens with one attached hydrogen (secondary N) is 1. The van der Waals surface area contributed by atoms with Crippen molar-refractivity contribution in [3.8, 4) is 0 Å². The van der Waals surface area contributed by atoms with Crippen molar-refractivity contribution >= 4 is 17.5 Å². The van der Waals surface area contributed by atoms with E-state index in [9.17, 15) is 9.59 Å². The molecule has 1 N–H and O–H groups in total. The quantitative estimate of drug-likeness (QED) is 0.887. The number of morpholine rings is 1. The number of carbonyl (C=O) groups is 2. The Bertz CT molecular complexity index is 683. The molecule has 6 nitrogen and oxygen atoms in total. The number of hydrogen-bond acceptors (Lipinski definition) is 4. The van der Waals surface area contributed by atoms with E-state index in [1.165, 1.54) is 12.8 Å². The van der Waals surface area contributed by atoms with Crippen molar-refractivity contribution in [3.05, 3.63) is 29.8 Å². The molecule has 2 atom stereocenters. The number of rotatable bonds is 4. The Morgan fingerprint density at radius 1 is 1.12 bits per heavy atom. The highest BCUT2D eigenvalue weighted by atomic mass is 16.5. The summed E-state index contributed by atoms with van der Waals surface area (Å²) in [6, 6.07) is 7.94. The zero-order valence-electron chi connectivity index (χ0n) is 15.3. The number of anilines is 1. The predicted octanol–water partition coefficient (Wildman–Crippen LogP) is 1.51. The molecule has 0 spiro atoms. The van der Waals surface area contributed by atoms with Gasteiger partial charge in [-0.3, -0.25) is 9.59 Å². The largest absolute Gasteiger partial charge is 0.378 e. The van der Waals surface area contributed by atoms with Gasteiger partial charge in [0.25, 0.3) is 5.91 Å². The molecule has 2 heterocycles. The molecule has 140 valence electrons. The van der Waals surface area contributed by atoms with Crippen LogP contribution < -0.4 is 10.2 Å². The van der Waals surface area contributed by atoms with Crippen molar-refractivity contribution in [2.45, 2.75) is 25.8 Å². The van der Waals surface area contributed by atoms with E-state index in [0.29, 0.717) is 31.6 Å². The number of para-hydroxylation sites is 1. The van der Waals surface area contributed by atoms with Crippen LogP contribution in [0.5, 0.6) is 0 Å². The molecule has 1 saturated carbocycles. The number of nitrogens with zero attached hydrogens (tertiary/aromatic N) is 2. The van der Waals surface area contributed by atoms with E-state index in [0.717, 1.165) is 30.9 Å². The minimum Gasteiger partial charge on any atom is -0.378 e. The summed E-state index contributed by atoms with van der Waals surface area (Å²) in [5.41, 5.74) is 1.75. The van der Waals surface area contributed by atoms with Crippen LogP contribution in [0.25, 0.3) is 0 Å². The molecule has 1 aromatic rings. The van der Waals surface area contributed by atoms with Gasteiger partial charge in [-0.1, -0.05) is 12.1 Å². The van der Waals surface area contributed by atoms with Crippen LogP contribution in [0.2, 0.25) is 0 Å². The number of ether oxygens (including phenoxy) is 1. The lowest BCUT2D eigenvalue weighted by atomic mass is 9.98. The summed E-state index contributed by atoms with van der Waals surface area (Å²) in [5, 5.41) is 3.07. The molecule has 0 unspecified atom stereocenters. The maximum Gasteiger partial charge on any atom is 0.256 e. The smallest absolute Gasteiger partial charge is 0.256 e. The third kappa shape index (κ3) is 3.56. The summed E-state index contributed by atoms with van der Waals surface area (Å²) in [5.74, 6) is 1.10. The Morgan fingerprint density at radius 3 is 2.54 bits per heavy atom. The Kier molecular flexibility index (Phi) is 4.85. The molecular formula is C20H27N3O3. The fraction of sp³-hybridized carbons (Fsp3) is 0.600. The van der Waals surface area contributed by atoms with Crippen LogP contribution >= 0.6 is 0 Å². The average molecular weight is 357 g/mol. The van der Waals surface area contributed by atoms with E-state index >= 15 is 0 Å². The van der Waals surface area contributed by atoms with Gasteiger partial charge in [0.1, 0.15) is 0 Å². The van der Waals surface area contributed by atoms with Crippen molar-refractivity contribution < 1.29 is 14.3 Å². The van der Waals surface area contributed by atoms with Gasteiger partial charge < -0.3 is 19.9 Å². The maximum absolute atomic E-state index is 13.3. The third-order valence-electron chi connectivity index (χ3n) is 5.75. The second kappa shape index (κ2) is 7.27. The zero-order valence-corrected chi connectivity index (χ0v) is 15.3. The molecule has 26 heavy (non-hydrogen) atoms. The summed E-state index contributed by atoms with van der Waals surface area (Å²) >= 11 is 0. The third-order valence-corrected chi connectivity index (χ3v) is 5.75. The molecule has 0 radical (unpaired) electrons. The van der Waals surface area contributed by atoms with Gasteiger partial charge >= 0.3 is 0 Å². The van der Waals surface area contributed by atoms with Crippen LogP contribution in [-0.4, -0.2) is 62.1 Å². The molecule has 1 aliphatic carbocycles. The van der Waals surface area contributed by atoms with Crippen LogP contribution in [0.1, 0.15) is 30.1 Å². The van der Waals surface area contributed by atoms with Crippen LogP contribution in [0.15, 0.2) is 24.3 Å². The molecule has 6 heteroatoms. The standard InChI is InChI=1S/C20H27N3O3/c1-14(24)21-18-13-23(12-17(18)15-6-7-15)20(25)16-4-2-3-5-19(16)22-8-10-26-11-9-22/h2-5,15,17-18H,6-13H2,1H3,(H,21,24)/t17-,18+/m0/s1. The van der Waals surface area contributed by atoms with Gasteiger partial charge in [0.15, 0.2) is 0 Å². The van der Waals surface area contributed by atoms with Crippen LogP contribution in [0.3, 0.4) is 0 Å². The van der Waals surface area contributed by atoms with Gasteiger partial charge in [-0.05, 0) is 30.9 Å². The van der Waals surface area contributed by atoms with Crippen molar-refractivity contribution in [1.82, 2.24) is 10.2 Å². The van der Waals surface area contributed by atoms with E-state index in [2.05, 4.69) is 10.2 Å². The van der Waals surface area contributed by atoms with Crippen molar-refractivity contribution in [2.24, 2.45) is 11.8 Å². The monoisotopic (exact) mass is 357 g/mol. The lowest BCUT2D eigenvalue weighted by molar-refractivity contribution is -0.119. The normalized spacial score (nSPS) is 26.0.